The first kappa shape index (κ1) is 11.9. The molecule has 3 heterocycles. The van der Waals surface area contributed by atoms with Crippen LogP contribution in [-0.4, -0.2) is 29.7 Å². The number of rotatable bonds is 4. The van der Waals surface area contributed by atoms with Gasteiger partial charge in [0.05, 0.1) is 12.0 Å². The van der Waals surface area contributed by atoms with Crippen molar-refractivity contribution >= 4 is 21.6 Å². The van der Waals surface area contributed by atoms with E-state index in [1.165, 1.54) is 19.4 Å². The van der Waals surface area contributed by atoms with Gasteiger partial charge in [-0.3, -0.25) is 0 Å². The van der Waals surface area contributed by atoms with Gasteiger partial charge in [0.25, 0.3) is 0 Å². The highest BCUT2D eigenvalue weighted by Crippen LogP contribution is 2.25. The Morgan fingerprint density at radius 1 is 1.44 bits per heavy atom. The van der Waals surface area contributed by atoms with Gasteiger partial charge in [0, 0.05) is 0 Å². The van der Waals surface area contributed by atoms with E-state index < -0.39 is 0 Å². The summed E-state index contributed by atoms with van der Waals surface area (Å²) in [6.07, 6.45) is 5.28. The topological polar surface area (TPSA) is 47.0 Å². The van der Waals surface area contributed by atoms with E-state index in [2.05, 4.69) is 15.3 Å². The average molecular weight is 263 g/mol. The second kappa shape index (κ2) is 5.63. The summed E-state index contributed by atoms with van der Waals surface area (Å²) in [4.78, 5) is 9.44. The van der Waals surface area contributed by atoms with E-state index >= 15 is 0 Å². The third-order valence-corrected chi connectivity index (χ3v) is 4.21. The molecule has 1 unspecified atom stereocenters. The lowest BCUT2D eigenvalue weighted by Crippen LogP contribution is -2.30. The fraction of sp³-hybridized carbons (Fsp3) is 0.538. The first-order valence-corrected chi connectivity index (χ1v) is 7.33. The number of aromatic nitrogens is 2. The minimum atomic E-state index is 0.727. The van der Waals surface area contributed by atoms with E-state index in [0.717, 1.165) is 41.6 Å². The van der Waals surface area contributed by atoms with Gasteiger partial charge in [-0.2, -0.15) is 0 Å². The first-order chi connectivity index (χ1) is 8.93. The van der Waals surface area contributed by atoms with E-state index in [9.17, 15) is 0 Å². The van der Waals surface area contributed by atoms with Gasteiger partial charge in [0.2, 0.25) is 5.88 Å². The van der Waals surface area contributed by atoms with Crippen LogP contribution in [0, 0.1) is 5.92 Å². The maximum absolute atomic E-state index is 5.81. The van der Waals surface area contributed by atoms with E-state index in [1.54, 1.807) is 17.7 Å². The smallest absolute Gasteiger partial charge is 0.225 e. The SMILES string of the molecule is c1nc(OCCC2CCCNC2)c2ccsc2n1. The van der Waals surface area contributed by atoms with Crippen molar-refractivity contribution in [3.8, 4) is 5.88 Å². The monoisotopic (exact) mass is 263 g/mol. The molecule has 0 saturated carbocycles. The fourth-order valence-corrected chi connectivity index (χ4v) is 3.10. The molecular formula is C13H17N3OS. The molecule has 1 N–H and O–H groups in total. The summed E-state index contributed by atoms with van der Waals surface area (Å²) in [5.41, 5.74) is 0. The molecule has 1 atom stereocenters. The normalized spacial score (nSPS) is 20.1. The van der Waals surface area contributed by atoms with Crippen LogP contribution in [0.15, 0.2) is 17.8 Å². The number of hydrogen-bond donors (Lipinski definition) is 1. The van der Waals surface area contributed by atoms with Crippen molar-refractivity contribution in [1.29, 1.82) is 0 Å². The lowest BCUT2D eigenvalue weighted by Gasteiger charge is -2.22. The number of thiophene rings is 1. The molecule has 2 aromatic heterocycles. The van der Waals surface area contributed by atoms with Crippen LogP contribution in [0.25, 0.3) is 10.2 Å². The summed E-state index contributed by atoms with van der Waals surface area (Å²) in [6.45, 7) is 3.04. The summed E-state index contributed by atoms with van der Waals surface area (Å²) < 4.78 is 5.81. The third kappa shape index (κ3) is 2.62. The van der Waals surface area contributed by atoms with Gasteiger partial charge in [-0.05, 0) is 49.7 Å². The Kier molecular flexibility index (Phi) is 3.71. The Labute approximate surface area is 110 Å². The molecule has 0 aromatic carbocycles. The summed E-state index contributed by atoms with van der Waals surface area (Å²) in [5.74, 6) is 1.48. The van der Waals surface area contributed by atoms with Crippen LogP contribution in [-0.2, 0) is 0 Å². The van der Waals surface area contributed by atoms with E-state index in [-0.39, 0.29) is 0 Å². The summed E-state index contributed by atoms with van der Waals surface area (Å²) >= 11 is 1.62. The molecule has 5 heteroatoms. The molecule has 1 fully saturated rings. The van der Waals surface area contributed by atoms with Gasteiger partial charge in [0.1, 0.15) is 11.2 Å². The third-order valence-electron chi connectivity index (χ3n) is 3.39. The number of hydrogen-bond acceptors (Lipinski definition) is 5. The maximum atomic E-state index is 5.81. The highest BCUT2D eigenvalue weighted by molar-refractivity contribution is 7.16. The standard InChI is InChI=1S/C13H17N3OS/c1-2-10(8-14-5-1)3-6-17-12-11-4-7-18-13(11)16-9-15-12/h4,7,9-10,14H,1-3,5-6,8H2. The van der Waals surface area contributed by atoms with E-state index in [1.807, 2.05) is 11.4 Å². The molecule has 0 amide bonds. The molecule has 0 spiro atoms. The van der Waals surface area contributed by atoms with Gasteiger partial charge in [-0.15, -0.1) is 11.3 Å². The van der Waals surface area contributed by atoms with Crippen molar-refractivity contribution in [2.45, 2.75) is 19.3 Å². The van der Waals surface area contributed by atoms with Crippen LogP contribution in [0.4, 0.5) is 0 Å². The Morgan fingerprint density at radius 2 is 2.44 bits per heavy atom. The van der Waals surface area contributed by atoms with Crippen LogP contribution in [0.1, 0.15) is 19.3 Å². The number of nitrogens with zero attached hydrogens (tertiary/aromatic N) is 2. The van der Waals surface area contributed by atoms with Gasteiger partial charge < -0.3 is 10.1 Å². The highest BCUT2D eigenvalue weighted by Gasteiger charge is 2.13. The van der Waals surface area contributed by atoms with Crippen molar-refractivity contribution < 1.29 is 4.74 Å². The molecule has 0 radical (unpaired) electrons. The number of piperidine rings is 1. The molecule has 18 heavy (non-hydrogen) atoms. The van der Waals surface area contributed by atoms with Crippen molar-refractivity contribution in [1.82, 2.24) is 15.3 Å². The molecule has 1 aliphatic rings. The Balaban J connectivity index is 1.57. The van der Waals surface area contributed by atoms with Crippen LogP contribution in [0.2, 0.25) is 0 Å². The fourth-order valence-electron chi connectivity index (χ4n) is 2.37. The van der Waals surface area contributed by atoms with Crippen LogP contribution in [0.5, 0.6) is 5.88 Å². The second-order valence-corrected chi connectivity index (χ2v) is 5.56. The van der Waals surface area contributed by atoms with Crippen molar-refractivity contribution in [3.05, 3.63) is 17.8 Å². The molecular weight excluding hydrogens is 246 g/mol. The molecule has 96 valence electrons. The van der Waals surface area contributed by atoms with Crippen LogP contribution in [0.3, 0.4) is 0 Å². The Bertz CT molecular complexity index is 508. The minimum Gasteiger partial charge on any atom is -0.477 e. The lowest BCUT2D eigenvalue weighted by atomic mass is 9.97. The van der Waals surface area contributed by atoms with Gasteiger partial charge >= 0.3 is 0 Å². The molecule has 3 rings (SSSR count). The van der Waals surface area contributed by atoms with E-state index in [0.29, 0.717) is 0 Å². The molecule has 4 nitrogen and oxygen atoms in total. The van der Waals surface area contributed by atoms with Crippen molar-refractivity contribution in [2.24, 2.45) is 5.92 Å². The molecule has 1 saturated heterocycles. The number of ether oxygens (including phenoxy) is 1. The zero-order chi connectivity index (χ0) is 12.2. The van der Waals surface area contributed by atoms with Crippen LogP contribution < -0.4 is 10.1 Å². The molecule has 2 aromatic rings. The predicted molar refractivity (Wildman–Crippen MR) is 73.1 cm³/mol. The summed E-state index contributed by atoms with van der Waals surface area (Å²) in [6, 6.07) is 2.03. The maximum Gasteiger partial charge on any atom is 0.225 e. The summed E-state index contributed by atoms with van der Waals surface area (Å²) in [5, 5.41) is 6.49. The molecule has 1 aliphatic heterocycles. The quantitative estimate of drug-likeness (QED) is 0.920. The molecule has 0 bridgehead atoms. The predicted octanol–water partition coefficient (Wildman–Crippen LogP) is 2.46. The van der Waals surface area contributed by atoms with Gasteiger partial charge in [-0.25, -0.2) is 9.97 Å². The zero-order valence-electron chi connectivity index (χ0n) is 10.3. The van der Waals surface area contributed by atoms with Gasteiger partial charge in [-0.1, -0.05) is 0 Å². The number of fused-ring (bicyclic) bond motifs is 1. The van der Waals surface area contributed by atoms with Crippen molar-refractivity contribution in [3.63, 3.8) is 0 Å². The largest absolute Gasteiger partial charge is 0.477 e. The van der Waals surface area contributed by atoms with Crippen LogP contribution >= 0.6 is 11.3 Å². The lowest BCUT2D eigenvalue weighted by molar-refractivity contribution is 0.249. The Hall–Kier alpha value is -1.20. The highest BCUT2D eigenvalue weighted by atomic mass is 32.1. The second-order valence-electron chi connectivity index (χ2n) is 4.67. The van der Waals surface area contributed by atoms with E-state index in [4.69, 9.17) is 4.74 Å². The average Bonchev–Trinajstić information content (AvgIpc) is 2.89. The summed E-state index contributed by atoms with van der Waals surface area (Å²) in [7, 11) is 0. The first-order valence-electron chi connectivity index (χ1n) is 6.45. The zero-order valence-corrected chi connectivity index (χ0v) is 11.1. The van der Waals surface area contributed by atoms with Gasteiger partial charge in [0.15, 0.2) is 0 Å². The molecule has 0 aliphatic carbocycles. The Morgan fingerprint density at radius 3 is 3.33 bits per heavy atom. The minimum absolute atomic E-state index is 0.727. The van der Waals surface area contributed by atoms with Crippen molar-refractivity contribution in [2.75, 3.05) is 19.7 Å². The number of nitrogens with one attached hydrogen (secondary N) is 1.